The van der Waals surface area contributed by atoms with Crippen LogP contribution >= 0.6 is 0 Å². The number of nitriles is 2. The van der Waals surface area contributed by atoms with Gasteiger partial charge in [0.05, 0.1) is 38.9 Å². The van der Waals surface area contributed by atoms with E-state index in [0.717, 1.165) is 87.9 Å². The molecule has 0 atom stereocenters. The third kappa shape index (κ3) is 4.33. The molecule has 1 aliphatic rings. The Morgan fingerprint density at radius 3 is 1.22 bits per heavy atom. The van der Waals surface area contributed by atoms with E-state index in [9.17, 15) is 10.5 Å². The van der Waals surface area contributed by atoms with Gasteiger partial charge in [0.1, 0.15) is 12.1 Å². The van der Waals surface area contributed by atoms with Crippen molar-refractivity contribution in [1.29, 1.82) is 10.5 Å². The molecule has 0 saturated heterocycles. The summed E-state index contributed by atoms with van der Waals surface area (Å²) in [5, 5.41) is 27.4. The second-order valence-corrected chi connectivity index (χ2v) is 14.2. The first kappa shape index (κ1) is 31.0. The first-order chi connectivity index (χ1) is 27.3. The summed E-state index contributed by atoms with van der Waals surface area (Å²) in [6.45, 7) is -0.371. The lowest BCUT2D eigenvalue weighted by atomic mass is 9.34. The molecular weight excluding hydrogens is 667 g/mol. The highest BCUT2D eigenvalue weighted by Gasteiger charge is 2.37. The van der Waals surface area contributed by atoms with E-state index in [0.29, 0.717) is 16.8 Å². The van der Waals surface area contributed by atoms with Crippen LogP contribution in [-0.4, -0.2) is 15.8 Å². The quantitative estimate of drug-likeness (QED) is 0.173. The van der Waals surface area contributed by atoms with E-state index in [1.54, 1.807) is 0 Å². The minimum Gasteiger partial charge on any atom is -0.310 e. The molecule has 11 rings (SSSR count). The summed E-state index contributed by atoms with van der Waals surface area (Å²) in [5.74, 6) is 0. The van der Waals surface area contributed by atoms with Crippen LogP contribution in [0.25, 0.3) is 77.2 Å². The predicted octanol–water partition coefficient (Wildman–Crippen LogP) is 9.79. The molecule has 0 aliphatic carbocycles. The Balaban J connectivity index is 1.38. The monoisotopic (exact) mass is 696 g/mol. The van der Waals surface area contributed by atoms with E-state index in [1.165, 1.54) is 0 Å². The molecule has 0 spiro atoms. The maximum atomic E-state index is 11.8. The van der Waals surface area contributed by atoms with Crippen LogP contribution in [-0.2, 0) is 0 Å². The minimum atomic E-state index is -0.371. The predicted molar refractivity (Wildman–Crippen MR) is 227 cm³/mol. The van der Waals surface area contributed by atoms with Gasteiger partial charge in [-0.25, -0.2) is 0 Å². The number of fused-ring (bicyclic) bond motifs is 11. The third-order valence-corrected chi connectivity index (χ3v) is 11.5. The van der Waals surface area contributed by atoms with Crippen molar-refractivity contribution in [2.45, 2.75) is 0 Å². The van der Waals surface area contributed by atoms with Gasteiger partial charge in [-0.05, 0) is 58.0 Å². The molecule has 10 aromatic rings. The Kier molecular flexibility index (Phi) is 6.74. The Morgan fingerprint density at radius 1 is 0.400 bits per heavy atom. The largest absolute Gasteiger partial charge is 0.310 e. The van der Waals surface area contributed by atoms with Gasteiger partial charge in [0.2, 0.25) is 6.71 Å². The average Bonchev–Trinajstić information content (AvgIpc) is 3.72. The van der Waals surface area contributed by atoms with Crippen molar-refractivity contribution in [2.75, 3.05) is 0 Å². The Bertz CT molecular complexity index is 3140. The van der Waals surface area contributed by atoms with Gasteiger partial charge in [-0.2, -0.15) is 10.5 Å². The Hall–Kier alpha value is -7.60. The molecule has 4 nitrogen and oxygen atoms in total. The van der Waals surface area contributed by atoms with Gasteiger partial charge < -0.3 is 9.13 Å². The van der Waals surface area contributed by atoms with E-state index in [-0.39, 0.29) is 6.71 Å². The van der Waals surface area contributed by atoms with Crippen molar-refractivity contribution in [2.24, 2.45) is 0 Å². The van der Waals surface area contributed by atoms with Crippen LogP contribution in [0.5, 0.6) is 0 Å². The molecule has 0 unspecified atom stereocenters. The van der Waals surface area contributed by atoms with Gasteiger partial charge >= 0.3 is 0 Å². The van der Waals surface area contributed by atoms with Crippen molar-refractivity contribution in [3.8, 4) is 45.8 Å². The normalized spacial score (nSPS) is 11.9. The van der Waals surface area contributed by atoms with Crippen molar-refractivity contribution in [3.05, 3.63) is 187 Å². The summed E-state index contributed by atoms with van der Waals surface area (Å²) in [4.78, 5) is 0. The molecule has 55 heavy (non-hydrogen) atoms. The summed E-state index contributed by atoms with van der Waals surface area (Å²) in [5.41, 5.74) is 13.9. The SMILES string of the molecule is N#Cc1cc(-n2c3ccccc3c3ccccc32)c(B2c3ccccc3-c3ccccc3-c3ccccc32)c(C#N)c1-n1c2ccccc2c2ccccc21. The molecule has 252 valence electrons. The number of rotatable bonds is 3. The molecule has 2 aromatic heterocycles. The van der Waals surface area contributed by atoms with Crippen LogP contribution in [0.3, 0.4) is 0 Å². The first-order valence-electron chi connectivity index (χ1n) is 18.5. The van der Waals surface area contributed by atoms with Crippen molar-refractivity contribution >= 4 is 66.7 Å². The number of benzene rings is 8. The van der Waals surface area contributed by atoms with E-state index in [4.69, 9.17) is 0 Å². The molecule has 3 heterocycles. The molecule has 0 amide bonds. The lowest BCUT2D eigenvalue weighted by molar-refractivity contribution is 1.13. The summed E-state index contributed by atoms with van der Waals surface area (Å²) in [7, 11) is 0. The number of para-hydroxylation sites is 4. The zero-order valence-electron chi connectivity index (χ0n) is 29.6. The fourth-order valence-corrected chi connectivity index (χ4v) is 9.35. The van der Waals surface area contributed by atoms with Crippen LogP contribution in [0.4, 0.5) is 0 Å². The van der Waals surface area contributed by atoms with Gasteiger partial charge in [-0.1, -0.05) is 157 Å². The third-order valence-electron chi connectivity index (χ3n) is 11.5. The molecule has 5 heteroatoms. The van der Waals surface area contributed by atoms with Crippen LogP contribution in [0.15, 0.2) is 176 Å². The second kappa shape index (κ2) is 12.0. The summed E-state index contributed by atoms with van der Waals surface area (Å²) in [6, 6.07) is 66.7. The maximum absolute atomic E-state index is 11.8. The number of nitrogens with zero attached hydrogens (tertiary/aromatic N) is 4. The van der Waals surface area contributed by atoms with Gasteiger partial charge in [-0.3, -0.25) is 0 Å². The van der Waals surface area contributed by atoms with Crippen LogP contribution in [0.1, 0.15) is 11.1 Å². The molecule has 0 radical (unpaired) electrons. The molecule has 0 fully saturated rings. The van der Waals surface area contributed by atoms with Crippen LogP contribution in [0.2, 0.25) is 0 Å². The fourth-order valence-electron chi connectivity index (χ4n) is 9.35. The van der Waals surface area contributed by atoms with Crippen molar-refractivity contribution in [1.82, 2.24) is 9.13 Å². The average molecular weight is 697 g/mol. The lowest BCUT2D eigenvalue weighted by Gasteiger charge is -2.26. The second-order valence-electron chi connectivity index (χ2n) is 14.2. The molecule has 1 aliphatic heterocycles. The number of hydrogen-bond donors (Lipinski definition) is 0. The van der Waals surface area contributed by atoms with Crippen LogP contribution < -0.4 is 16.4 Å². The summed E-state index contributed by atoms with van der Waals surface area (Å²) >= 11 is 0. The molecule has 8 aromatic carbocycles. The molecule has 0 saturated carbocycles. The highest BCUT2D eigenvalue weighted by Crippen LogP contribution is 2.39. The molecule has 0 N–H and O–H groups in total. The fraction of sp³-hybridized carbons (Fsp3) is 0. The maximum Gasteiger partial charge on any atom is 0.247 e. The molecule has 0 bridgehead atoms. The Morgan fingerprint density at radius 2 is 0.782 bits per heavy atom. The lowest BCUT2D eigenvalue weighted by Crippen LogP contribution is -2.55. The highest BCUT2D eigenvalue weighted by molar-refractivity contribution is 6.98. The zero-order valence-corrected chi connectivity index (χ0v) is 29.6. The van der Waals surface area contributed by atoms with E-state index < -0.39 is 0 Å². The zero-order chi connectivity index (χ0) is 36.6. The van der Waals surface area contributed by atoms with Gasteiger partial charge in [0.15, 0.2) is 0 Å². The van der Waals surface area contributed by atoms with Gasteiger partial charge in [0, 0.05) is 27.2 Å². The van der Waals surface area contributed by atoms with Gasteiger partial charge in [-0.15, -0.1) is 0 Å². The minimum absolute atomic E-state index is 0.371. The first-order valence-corrected chi connectivity index (χ1v) is 18.5. The number of hydrogen-bond acceptors (Lipinski definition) is 2. The van der Waals surface area contributed by atoms with E-state index in [2.05, 4.69) is 167 Å². The summed E-state index contributed by atoms with van der Waals surface area (Å²) < 4.78 is 4.42. The number of aromatic nitrogens is 2. The highest BCUT2D eigenvalue weighted by atomic mass is 15.0. The molecular formula is C50H29BN4. The van der Waals surface area contributed by atoms with Gasteiger partial charge in [0.25, 0.3) is 0 Å². The van der Waals surface area contributed by atoms with E-state index in [1.807, 2.05) is 30.3 Å². The van der Waals surface area contributed by atoms with Crippen LogP contribution in [0, 0.1) is 22.7 Å². The van der Waals surface area contributed by atoms with E-state index >= 15 is 0 Å². The smallest absolute Gasteiger partial charge is 0.247 e. The standard InChI is InChI=1S/C50H29BN4/c52-30-32-29-48(54-44-25-11-5-19-37(44)38-20-6-12-26-45(38)54)49(41(31-53)50(32)55-46-27-13-7-21-39(46)40-22-8-14-28-47(40)55)51-42-23-9-3-17-35(42)33-15-1-2-16-34(33)36-18-4-10-24-43(36)51/h1-29H. The van der Waals surface area contributed by atoms with Crippen molar-refractivity contribution < 1.29 is 0 Å². The Labute approximate surface area is 318 Å². The summed E-state index contributed by atoms with van der Waals surface area (Å²) in [6.07, 6.45) is 0. The topological polar surface area (TPSA) is 57.4 Å². The van der Waals surface area contributed by atoms with Crippen molar-refractivity contribution in [3.63, 3.8) is 0 Å².